The number of carbonyl (C=O) groups is 3. The maximum Gasteiger partial charge on any atom is 0.475 e. The van der Waals surface area contributed by atoms with E-state index in [1.54, 1.807) is 9.80 Å². The predicted molar refractivity (Wildman–Crippen MR) is 156 cm³/mol. The first-order valence-corrected chi connectivity index (χ1v) is 14.2. The zero-order chi connectivity index (χ0) is 31.0. The zero-order valence-electron chi connectivity index (χ0n) is 25.5. The van der Waals surface area contributed by atoms with E-state index < -0.39 is 19.2 Å². The Hall–Kier alpha value is -3.08. The van der Waals surface area contributed by atoms with Crippen molar-refractivity contribution in [2.45, 2.75) is 71.8 Å². The molecule has 2 aliphatic rings. The summed E-state index contributed by atoms with van der Waals surface area (Å²) in [5, 5.41) is 30.1. The van der Waals surface area contributed by atoms with E-state index in [2.05, 4.69) is 35.7 Å². The minimum atomic E-state index is -1.71. The second-order valence-electron chi connectivity index (χ2n) is 11.1. The zero-order valence-corrected chi connectivity index (χ0v) is 25.5. The maximum absolute atomic E-state index is 12.0. The summed E-state index contributed by atoms with van der Waals surface area (Å²) in [6.07, 6.45) is 6.41. The molecule has 2 atom stereocenters. The number of amides is 3. The van der Waals surface area contributed by atoms with E-state index in [1.807, 2.05) is 38.1 Å². The molecule has 2 saturated heterocycles. The fourth-order valence-corrected chi connectivity index (χ4v) is 4.49. The molecule has 0 aromatic heterocycles. The molecule has 0 radical (unpaired) electrons. The van der Waals surface area contributed by atoms with Gasteiger partial charge in [-0.05, 0) is 47.0 Å². The van der Waals surface area contributed by atoms with E-state index in [0.717, 1.165) is 38.2 Å². The van der Waals surface area contributed by atoms with Crippen molar-refractivity contribution in [2.24, 2.45) is 5.92 Å². The number of nitriles is 1. The number of piperazine rings is 1. The predicted octanol–water partition coefficient (Wildman–Crippen LogP) is 2.33. The van der Waals surface area contributed by atoms with Crippen molar-refractivity contribution in [3.63, 3.8) is 0 Å². The van der Waals surface area contributed by atoms with Gasteiger partial charge in [0.15, 0.2) is 0 Å². The van der Waals surface area contributed by atoms with Crippen molar-refractivity contribution >= 4 is 25.2 Å². The normalized spacial score (nSPS) is 18.7. The van der Waals surface area contributed by atoms with Crippen LogP contribution in [-0.2, 0) is 14.3 Å². The van der Waals surface area contributed by atoms with E-state index in [0.29, 0.717) is 19.5 Å². The van der Waals surface area contributed by atoms with Crippen LogP contribution in [0.2, 0.25) is 0 Å². The van der Waals surface area contributed by atoms with Gasteiger partial charge in [0.2, 0.25) is 5.91 Å². The van der Waals surface area contributed by atoms with E-state index in [4.69, 9.17) is 10.00 Å². The molecule has 2 heterocycles. The van der Waals surface area contributed by atoms with Crippen molar-refractivity contribution in [2.75, 3.05) is 53.0 Å². The third-order valence-corrected chi connectivity index (χ3v) is 7.04. The van der Waals surface area contributed by atoms with Crippen LogP contribution in [0.15, 0.2) is 23.8 Å². The number of hydrogen-bond acceptors (Lipinski definition) is 9. The fourth-order valence-electron chi connectivity index (χ4n) is 4.49. The van der Waals surface area contributed by atoms with Crippen molar-refractivity contribution in [3.8, 4) is 6.07 Å². The monoisotopic (exact) mass is 577 g/mol. The summed E-state index contributed by atoms with van der Waals surface area (Å²) < 4.78 is 9.86. The standard InChI is InChI=1S/C18H28BN3O5.C10H20N2O2/c1-3-5-6-14(4-2)11-16(19(25)26)21-18(24)27-13-15-8-10-22(12-15)17(23)7-9-20;1-10(2,3)12-7-5-11(6-8-12)9(13)14-4/h4-6,15-16,25-26H,3,7-8,10-13H2,1-2H3,(H,21,24);5-8H2,1-4H3/b6-5-,14-4+;. The van der Waals surface area contributed by atoms with Gasteiger partial charge in [0.1, 0.15) is 6.42 Å². The van der Waals surface area contributed by atoms with Gasteiger partial charge >= 0.3 is 19.3 Å². The molecule has 230 valence electrons. The van der Waals surface area contributed by atoms with Crippen LogP contribution in [0.25, 0.3) is 0 Å². The van der Waals surface area contributed by atoms with Crippen LogP contribution in [-0.4, -0.2) is 114 Å². The number of nitrogens with one attached hydrogen (secondary N) is 1. The van der Waals surface area contributed by atoms with Crippen LogP contribution in [0.5, 0.6) is 0 Å². The topological polar surface area (TPSA) is 156 Å². The first-order chi connectivity index (χ1) is 19.4. The third kappa shape index (κ3) is 13.4. The first-order valence-electron chi connectivity index (χ1n) is 14.2. The molecule has 12 nitrogen and oxygen atoms in total. The van der Waals surface area contributed by atoms with Crippen LogP contribution in [0.3, 0.4) is 0 Å². The minimum Gasteiger partial charge on any atom is -0.453 e. The van der Waals surface area contributed by atoms with Crippen molar-refractivity contribution in [3.05, 3.63) is 23.8 Å². The number of nitrogens with zero attached hydrogens (tertiary/aromatic N) is 4. The highest BCUT2D eigenvalue weighted by Gasteiger charge is 2.30. The molecule has 0 saturated carbocycles. The largest absolute Gasteiger partial charge is 0.475 e. The molecule has 13 heteroatoms. The molecule has 0 aromatic rings. The summed E-state index contributed by atoms with van der Waals surface area (Å²) in [5.41, 5.74) is 1.07. The van der Waals surface area contributed by atoms with Crippen LogP contribution in [0.1, 0.15) is 60.3 Å². The molecule has 2 aliphatic heterocycles. The van der Waals surface area contributed by atoms with Gasteiger partial charge in [-0.15, -0.1) is 0 Å². The van der Waals surface area contributed by atoms with Gasteiger partial charge in [-0.25, -0.2) is 9.59 Å². The third-order valence-electron chi connectivity index (χ3n) is 7.04. The SMILES string of the molecule is C/C=C(\C=C/CC)CC(NC(=O)OCC1CCN(C(=O)CC#N)C1)B(O)O.COC(=O)N1CCN(C(C)(C)C)CC1. The molecular weight excluding hydrogens is 529 g/mol. The fraction of sp³-hybridized carbons (Fsp3) is 0.714. The minimum absolute atomic E-state index is 0.00878. The Morgan fingerprint density at radius 2 is 1.80 bits per heavy atom. The molecule has 2 rings (SSSR count). The molecule has 41 heavy (non-hydrogen) atoms. The Labute approximate surface area is 245 Å². The lowest BCUT2D eigenvalue weighted by Crippen LogP contribution is -2.54. The molecule has 3 N–H and O–H groups in total. The molecule has 2 fully saturated rings. The van der Waals surface area contributed by atoms with Crippen LogP contribution in [0.4, 0.5) is 9.59 Å². The molecule has 0 aliphatic carbocycles. The Morgan fingerprint density at radius 1 is 1.15 bits per heavy atom. The maximum atomic E-state index is 12.0. The number of likely N-dealkylation sites (tertiary alicyclic amines) is 1. The summed E-state index contributed by atoms with van der Waals surface area (Å²) in [4.78, 5) is 40.6. The van der Waals surface area contributed by atoms with Crippen molar-refractivity contribution in [1.29, 1.82) is 5.26 Å². The summed E-state index contributed by atoms with van der Waals surface area (Å²) in [6.45, 7) is 14.9. The lowest BCUT2D eigenvalue weighted by molar-refractivity contribution is -0.129. The number of hydrogen-bond donors (Lipinski definition) is 3. The second kappa shape index (κ2) is 18.4. The summed E-state index contributed by atoms with van der Waals surface area (Å²) >= 11 is 0. The summed E-state index contributed by atoms with van der Waals surface area (Å²) in [6, 6.07) is 1.83. The number of methoxy groups -OCH3 is 1. The van der Waals surface area contributed by atoms with Gasteiger partial charge in [0.05, 0.1) is 25.7 Å². The number of carbonyl (C=O) groups excluding carboxylic acids is 3. The van der Waals surface area contributed by atoms with Crippen LogP contribution >= 0.6 is 0 Å². The van der Waals surface area contributed by atoms with Crippen LogP contribution in [0, 0.1) is 17.2 Å². The van der Waals surface area contributed by atoms with Gasteiger partial charge in [-0.2, -0.15) is 5.26 Å². The van der Waals surface area contributed by atoms with E-state index in [1.165, 1.54) is 7.11 Å². The number of allylic oxidation sites excluding steroid dienone is 3. The van der Waals surface area contributed by atoms with E-state index in [9.17, 15) is 24.4 Å². The smallest absolute Gasteiger partial charge is 0.453 e. The lowest BCUT2D eigenvalue weighted by atomic mass is 9.76. The molecule has 3 amide bonds. The molecule has 0 aromatic carbocycles. The van der Waals surface area contributed by atoms with Gasteiger partial charge in [0.25, 0.3) is 0 Å². The second-order valence-corrected chi connectivity index (χ2v) is 11.1. The van der Waals surface area contributed by atoms with Gasteiger partial charge < -0.3 is 34.6 Å². The van der Waals surface area contributed by atoms with E-state index >= 15 is 0 Å². The Kier molecular flexibility index (Phi) is 16.1. The van der Waals surface area contributed by atoms with Crippen molar-refractivity contribution < 1.29 is 33.9 Å². The first kappa shape index (κ1) is 36.0. The van der Waals surface area contributed by atoms with Gasteiger partial charge in [-0.3, -0.25) is 9.69 Å². The van der Waals surface area contributed by atoms with Gasteiger partial charge in [-0.1, -0.05) is 30.7 Å². The lowest BCUT2D eigenvalue weighted by Gasteiger charge is -2.41. The summed E-state index contributed by atoms with van der Waals surface area (Å²) in [5.74, 6) is -1.09. The number of ether oxygens (including phenoxy) is 2. The molecular formula is C28H48BN5O7. The molecule has 0 bridgehead atoms. The quantitative estimate of drug-likeness (QED) is 0.277. The van der Waals surface area contributed by atoms with Gasteiger partial charge in [0, 0.05) is 50.7 Å². The average Bonchev–Trinajstić information content (AvgIpc) is 3.42. The highest BCUT2D eigenvalue weighted by Crippen LogP contribution is 2.18. The molecule has 2 unspecified atom stereocenters. The summed E-state index contributed by atoms with van der Waals surface area (Å²) in [7, 11) is -0.286. The van der Waals surface area contributed by atoms with Crippen molar-refractivity contribution in [1.82, 2.24) is 20.0 Å². The highest BCUT2D eigenvalue weighted by molar-refractivity contribution is 6.43. The highest BCUT2D eigenvalue weighted by atomic mass is 16.6. The number of alkyl carbamates (subject to hydrolysis) is 1. The molecule has 0 spiro atoms. The Bertz CT molecular complexity index is 937. The number of rotatable bonds is 9. The Balaban J connectivity index is 0.000000502. The Morgan fingerprint density at radius 3 is 2.32 bits per heavy atom. The van der Waals surface area contributed by atoms with Crippen LogP contribution < -0.4 is 5.32 Å². The average molecular weight is 578 g/mol. The van der Waals surface area contributed by atoms with E-state index in [-0.39, 0.29) is 42.9 Å².